The molecule has 2 heterocycles. The molecule has 2 rings (SSSR count). The van der Waals surface area contributed by atoms with Crippen molar-refractivity contribution >= 4 is 11.8 Å². The van der Waals surface area contributed by atoms with Gasteiger partial charge in [-0.05, 0) is 82.3 Å². The van der Waals surface area contributed by atoms with Gasteiger partial charge in [-0.1, -0.05) is 0 Å². The minimum absolute atomic E-state index is 0.0333. The first-order chi connectivity index (χ1) is 13.5. The van der Waals surface area contributed by atoms with Crippen LogP contribution in [0.3, 0.4) is 0 Å². The lowest BCUT2D eigenvalue weighted by Crippen LogP contribution is -2.67. The van der Waals surface area contributed by atoms with Crippen molar-refractivity contribution in [3.63, 3.8) is 0 Å². The Labute approximate surface area is 184 Å². The van der Waals surface area contributed by atoms with Crippen LogP contribution in [-0.2, 0) is 9.59 Å². The van der Waals surface area contributed by atoms with E-state index in [1.54, 1.807) is 0 Å². The standard InChI is InChI=1S/C24H46N4O2/c1-21(2)15-27(16-22(3,4)25(21)9)19(29)13-11-12-14-20(30)28-17-23(5,6)26(10)24(7,8)18-28/h11-18H2,1-10H3. The molecule has 0 atom stereocenters. The summed E-state index contributed by atoms with van der Waals surface area (Å²) in [6.07, 6.45) is 2.61. The maximum absolute atomic E-state index is 12.8. The molecular weight excluding hydrogens is 376 g/mol. The molecule has 0 aliphatic carbocycles. The van der Waals surface area contributed by atoms with E-state index in [1.807, 2.05) is 9.80 Å². The summed E-state index contributed by atoms with van der Waals surface area (Å²) in [4.78, 5) is 34.5. The Morgan fingerprint density at radius 3 is 1.03 bits per heavy atom. The van der Waals surface area contributed by atoms with Crippen LogP contribution in [-0.4, -0.2) is 93.8 Å². The molecular formula is C24H46N4O2. The van der Waals surface area contributed by atoms with Gasteiger partial charge < -0.3 is 9.80 Å². The lowest BCUT2D eigenvalue weighted by Gasteiger charge is -2.55. The molecule has 0 aromatic carbocycles. The quantitative estimate of drug-likeness (QED) is 0.639. The van der Waals surface area contributed by atoms with Gasteiger partial charge in [0.05, 0.1) is 0 Å². The molecule has 6 nitrogen and oxygen atoms in total. The smallest absolute Gasteiger partial charge is 0.222 e. The number of amides is 2. The Kier molecular flexibility index (Phi) is 7.05. The molecule has 0 saturated carbocycles. The van der Waals surface area contributed by atoms with E-state index < -0.39 is 0 Å². The molecule has 174 valence electrons. The number of rotatable bonds is 5. The van der Waals surface area contributed by atoms with Gasteiger partial charge >= 0.3 is 0 Å². The van der Waals surface area contributed by atoms with Crippen molar-refractivity contribution in [3.8, 4) is 0 Å². The van der Waals surface area contributed by atoms with Gasteiger partial charge in [0, 0.05) is 61.2 Å². The fourth-order valence-corrected chi connectivity index (χ4v) is 5.26. The third-order valence-corrected chi connectivity index (χ3v) is 7.68. The van der Waals surface area contributed by atoms with Crippen LogP contribution in [0.5, 0.6) is 0 Å². The predicted octanol–water partition coefficient (Wildman–Crippen LogP) is 3.21. The Balaban J connectivity index is 1.82. The monoisotopic (exact) mass is 422 g/mol. The highest BCUT2D eigenvalue weighted by Gasteiger charge is 2.44. The van der Waals surface area contributed by atoms with Crippen molar-refractivity contribution in [2.24, 2.45) is 0 Å². The first-order valence-corrected chi connectivity index (χ1v) is 11.5. The predicted molar refractivity (Wildman–Crippen MR) is 123 cm³/mol. The Morgan fingerprint density at radius 2 is 0.800 bits per heavy atom. The highest BCUT2D eigenvalue weighted by Crippen LogP contribution is 2.32. The topological polar surface area (TPSA) is 47.1 Å². The van der Waals surface area contributed by atoms with Gasteiger partial charge in [0.25, 0.3) is 0 Å². The fourth-order valence-electron chi connectivity index (χ4n) is 5.26. The van der Waals surface area contributed by atoms with Gasteiger partial charge in [-0.3, -0.25) is 19.4 Å². The molecule has 0 spiro atoms. The SMILES string of the molecule is CN1C(C)(C)CN(C(=O)CCCCC(=O)N2CC(C)(C)N(C)C(C)(C)C2)CC1(C)C. The third kappa shape index (κ3) is 5.37. The lowest BCUT2D eigenvalue weighted by atomic mass is 9.88. The Bertz CT molecular complexity index is 562. The first kappa shape index (κ1) is 25.1. The van der Waals surface area contributed by atoms with E-state index in [4.69, 9.17) is 0 Å². The van der Waals surface area contributed by atoms with E-state index in [-0.39, 0.29) is 34.0 Å². The molecule has 2 amide bonds. The van der Waals surface area contributed by atoms with Gasteiger partial charge in [0.2, 0.25) is 11.8 Å². The molecule has 0 N–H and O–H groups in total. The van der Waals surface area contributed by atoms with Crippen molar-refractivity contribution in [3.05, 3.63) is 0 Å². The second-order valence-corrected chi connectivity index (χ2v) is 12.1. The van der Waals surface area contributed by atoms with Crippen LogP contribution in [0.1, 0.15) is 81.1 Å². The summed E-state index contributed by atoms with van der Waals surface area (Å²) in [5.74, 6) is 0.442. The highest BCUT2D eigenvalue weighted by molar-refractivity contribution is 5.78. The zero-order valence-corrected chi connectivity index (χ0v) is 21.3. The number of unbranched alkanes of at least 4 members (excludes halogenated alkanes) is 1. The van der Waals surface area contributed by atoms with Crippen LogP contribution >= 0.6 is 0 Å². The van der Waals surface area contributed by atoms with Crippen LogP contribution in [0, 0.1) is 0 Å². The van der Waals surface area contributed by atoms with Crippen molar-refractivity contribution in [1.29, 1.82) is 0 Å². The lowest BCUT2D eigenvalue weighted by molar-refractivity contribution is -0.143. The minimum Gasteiger partial charge on any atom is -0.339 e. The molecule has 2 aliphatic heterocycles. The first-order valence-electron chi connectivity index (χ1n) is 11.5. The second kappa shape index (κ2) is 8.42. The zero-order valence-electron chi connectivity index (χ0n) is 21.3. The van der Waals surface area contributed by atoms with Gasteiger partial charge in [-0.15, -0.1) is 0 Å². The largest absolute Gasteiger partial charge is 0.339 e. The van der Waals surface area contributed by atoms with Crippen LogP contribution in [0.4, 0.5) is 0 Å². The summed E-state index contributed by atoms with van der Waals surface area (Å²) in [6, 6.07) is 0. The number of nitrogens with zero attached hydrogens (tertiary/aromatic N) is 4. The van der Waals surface area contributed by atoms with Crippen LogP contribution in [0.2, 0.25) is 0 Å². The molecule has 30 heavy (non-hydrogen) atoms. The van der Waals surface area contributed by atoms with Crippen LogP contribution in [0.25, 0.3) is 0 Å². The molecule has 2 fully saturated rings. The van der Waals surface area contributed by atoms with Crippen molar-refractivity contribution in [1.82, 2.24) is 19.6 Å². The molecule has 0 bridgehead atoms. The molecule has 2 aliphatic rings. The van der Waals surface area contributed by atoms with Gasteiger partial charge in [0.1, 0.15) is 0 Å². The van der Waals surface area contributed by atoms with Crippen LogP contribution in [0.15, 0.2) is 0 Å². The normalized spacial score (nSPS) is 25.9. The second-order valence-electron chi connectivity index (χ2n) is 12.1. The van der Waals surface area contributed by atoms with Crippen molar-refractivity contribution < 1.29 is 9.59 Å². The number of carbonyl (C=O) groups is 2. The van der Waals surface area contributed by atoms with Gasteiger partial charge in [0.15, 0.2) is 0 Å². The minimum atomic E-state index is -0.0333. The Morgan fingerprint density at radius 1 is 0.567 bits per heavy atom. The molecule has 0 unspecified atom stereocenters. The molecule has 6 heteroatoms. The molecule has 0 aromatic heterocycles. The Hall–Kier alpha value is -1.14. The number of likely N-dealkylation sites (N-methyl/N-ethyl adjacent to an activating group) is 2. The fraction of sp³-hybridized carbons (Fsp3) is 0.917. The van der Waals surface area contributed by atoms with E-state index in [9.17, 15) is 9.59 Å². The van der Waals surface area contributed by atoms with E-state index in [0.717, 1.165) is 39.0 Å². The van der Waals surface area contributed by atoms with E-state index in [1.165, 1.54) is 0 Å². The number of hydrogen-bond acceptors (Lipinski definition) is 4. The summed E-state index contributed by atoms with van der Waals surface area (Å²) >= 11 is 0. The average Bonchev–Trinajstić information content (AvgIpc) is 2.59. The van der Waals surface area contributed by atoms with Crippen molar-refractivity contribution in [2.75, 3.05) is 40.3 Å². The van der Waals surface area contributed by atoms with E-state index >= 15 is 0 Å². The summed E-state index contributed by atoms with van der Waals surface area (Å²) in [7, 11) is 4.29. The number of piperazine rings is 2. The number of carbonyl (C=O) groups excluding carboxylic acids is 2. The van der Waals surface area contributed by atoms with Crippen LogP contribution < -0.4 is 0 Å². The third-order valence-electron chi connectivity index (χ3n) is 7.68. The summed E-state index contributed by atoms with van der Waals surface area (Å²) in [5.41, 5.74) is -0.133. The highest BCUT2D eigenvalue weighted by atomic mass is 16.2. The summed E-state index contributed by atoms with van der Waals surface area (Å²) < 4.78 is 0. The van der Waals surface area contributed by atoms with Gasteiger partial charge in [-0.25, -0.2) is 0 Å². The van der Waals surface area contributed by atoms with E-state index in [2.05, 4.69) is 79.3 Å². The van der Waals surface area contributed by atoms with Crippen molar-refractivity contribution in [2.45, 2.75) is 103 Å². The maximum atomic E-state index is 12.8. The molecule has 0 radical (unpaired) electrons. The maximum Gasteiger partial charge on any atom is 0.222 e. The summed E-state index contributed by atoms with van der Waals surface area (Å²) in [5, 5.41) is 0. The zero-order chi connectivity index (χ0) is 23.1. The average molecular weight is 423 g/mol. The van der Waals surface area contributed by atoms with Gasteiger partial charge in [-0.2, -0.15) is 0 Å². The van der Waals surface area contributed by atoms with E-state index in [0.29, 0.717) is 12.8 Å². The summed E-state index contributed by atoms with van der Waals surface area (Å²) in [6.45, 7) is 20.6. The molecule has 2 saturated heterocycles. The number of hydrogen-bond donors (Lipinski definition) is 0. The molecule has 0 aromatic rings.